The van der Waals surface area contributed by atoms with Crippen LogP contribution in [-0.2, 0) is 10.5 Å². The number of rotatable bonds is 10. The molecule has 1 N–H and O–H groups in total. The fourth-order valence-electron chi connectivity index (χ4n) is 2.39. The van der Waals surface area contributed by atoms with Gasteiger partial charge in [-0.1, -0.05) is 64.7 Å². The Kier molecular flexibility index (Phi) is 9.01. The van der Waals surface area contributed by atoms with Gasteiger partial charge in [0, 0.05) is 16.3 Å². The normalized spacial score (nSPS) is 10.9. The van der Waals surface area contributed by atoms with Gasteiger partial charge in [-0.15, -0.1) is 10.2 Å². The third-order valence-electron chi connectivity index (χ3n) is 3.82. The summed E-state index contributed by atoms with van der Waals surface area (Å²) in [7, 11) is 3.11. The van der Waals surface area contributed by atoms with Gasteiger partial charge in [-0.25, -0.2) is 5.43 Å². The Morgan fingerprint density at radius 2 is 1.87 bits per heavy atom. The minimum Gasteiger partial charge on any atom is -0.493 e. The van der Waals surface area contributed by atoms with Gasteiger partial charge in [0.1, 0.15) is 0 Å². The zero-order valence-electron chi connectivity index (χ0n) is 16.7. The van der Waals surface area contributed by atoms with Gasteiger partial charge in [0.05, 0.1) is 26.2 Å². The second-order valence-corrected chi connectivity index (χ2v) is 9.77. The second kappa shape index (κ2) is 11.9. The van der Waals surface area contributed by atoms with Crippen molar-refractivity contribution >= 4 is 58.6 Å². The van der Waals surface area contributed by atoms with Crippen LogP contribution in [0.2, 0.25) is 5.02 Å². The van der Waals surface area contributed by atoms with Crippen molar-refractivity contribution in [3.8, 4) is 11.5 Å². The maximum Gasteiger partial charge on any atom is 0.250 e. The van der Waals surface area contributed by atoms with Crippen molar-refractivity contribution in [2.24, 2.45) is 5.10 Å². The number of methoxy groups -OCH3 is 2. The number of carbonyl (C=O) groups is 1. The highest BCUT2D eigenvalue weighted by Gasteiger charge is 2.10. The molecule has 0 saturated carbocycles. The third kappa shape index (κ3) is 7.13. The molecule has 3 rings (SSSR count). The van der Waals surface area contributed by atoms with Gasteiger partial charge in [-0.05, 0) is 29.8 Å². The van der Waals surface area contributed by atoms with E-state index in [4.69, 9.17) is 21.1 Å². The summed E-state index contributed by atoms with van der Waals surface area (Å²) >= 11 is 10.3. The molecule has 0 aliphatic heterocycles. The molecule has 1 amide bonds. The minimum atomic E-state index is -0.242. The highest BCUT2D eigenvalue weighted by molar-refractivity contribution is 8.03. The van der Waals surface area contributed by atoms with Gasteiger partial charge in [-0.2, -0.15) is 5.10 Å². The molecule has 11 heteroatoms. The van der Waals surface area contributed by atoms with Gasteiger partial charge in [0.2, 0.25) is 0 Å². The first-order chi connectivity index (χ1) is 15.1. The standard InChI is InChI=1S/C20H19ClN4O3S3/c1-27-16-5-3-4-14(18(16)28-2)10-22-23-17(26)12-30-20-25-24-19(31-20)29-11-13-6-8-15(21)9-7-13/h3-10H,11-12H2,1-2H3,(H,23,26)/b22-10+. The fraction of sp³-hybridized carbons (Fsp3) is 0.200. The lowest BCUT2D eigenvalue weighted by Crippen LogP contribution is -2.19. The summed E-state index contributed by atoms with van der Waals surface area (Å²) in [5.41, 5.74) is 4.35. The first-order valence-corrected chi connectivity index (χ1v) is 12.1. The number of hydrogen-bond donors (Lipinski definition) is 1. The van der Waals surface area contributed by atoms with Gasteiger partial charge < -0.3 is 9.47 Å². The SMILES string of the molecule is COc1cccc(/C=N/NC(=O)CSc2nnc(SCc3ccc(Cl)cc3)s2)c1OC. The largest absolute Gasteiger partial charge is 0.493 e. The highest BCUT2D eigenvalue weighted by atomic mass is 35.5. The van der Waals surface area contributed by atoms with E-state index in [1.807, 2.05) is 36.4 Å². The van der Waals surface area contributed by atoms with Crippen LogP contribution in [0.5, 0.6) is 11.5 Å². The maximum absolute atomic E-state index is 12.1. The molecule has 162 valence electrons. The summed E-state index contributed by atoms with van der Waals surface area (Å²) in [5.74, 6) is 1.86. The maximum atomic E-state index is 12.1. The summed E-state index contributed by atoms with van der Waals surface area (Å²) in [4.78, 5) is 12.1. The zero-order valence-corrected chi connectivity index (χ0v) is 19.9. The molecule has 0 aliphatic rings. The van der Waals surface area contributed by atoms with Crippen LogP contribution in [-0.4, -0.2) is 42.3 Å². The summed E-state index contributed by atoms with van der Waals surface area (Å²) < 4.78 is 12.2. The average Bonchev–Trinajstić information content (AvgIpc) is 3.25. The van der Waals surface area contributed by atoms with Gasteiger partial charge in [0.15, 0.2) is 20.2 Å². The summed E-state index contributed by atoms with van der Waals surface area (Å²) in [6, 6.07) is 13.1. The van der Waals surface area contributed by atoms with Crippen molar-refractivity contribution in [1.82, 2.24) is 15.6 Å². The zero-order chi connectivity index (χ0) is 22.1. The molecular formula is C20H19ClN4O3S3. The van der Waals surface area contributed by atoms with Crippen molar-refractivity contribution in [3.05, 3.63) is 58.6 Å². The molecule has 0 aliphatic carbocycles. The van der Waals surface area contributed by atoms with E-state index in [0.717, 1.165) is 20.0 Å². The number of hydrazone groups is 1. The Morgan fingerprint density at radius 3 is 2.58 bits per heavy atom. The smallest absolute Gasteiger partial charge is 0.250 e. The fourth-order valence-corrected chi connectivity index (χ4v) is 5.28. The summed E-state index contributed by atoms with van der Waals surface area (Å²) in [6.07, 6.45) is 1.51. The van der Waals surface area contributed by atoms with Crippen molar-refractivity contribution in [2.45, 2.75) is 14.4 Å². The molecule has 0 saturated heterocycles. The van der Waals surface area contributed by atoms with E-state index in [2.05, 4.69) is 20.7 Å². The summed E-state index contributed by atoms with van der Waals surface area (Å²) in [6.45, 7) is 0. The molecule has 0 fully saturated rings. The Hall–Kier alpha value is -2.27. The molecule has 7 nitrogen and oxygen atoms in total. The van der Waals surface area contributed by atoms with Gasteiger partial charge >= 0.3 is 0 Å². The topological polar surface area (TPSA) is 85.7 Å². The lowest BCUT2D eigenvalue weighted by Gasteiger charge is -2.09. The minimum absolute atomic E-state index is 0.184. The summed E-state index contributed by atoms with van der Waals surface area (Å²) in [5, 5.41) is 13.0. The van der Waals surface area contributed by atoms with Gasteiger partial charge in [-0.3, -0.25) is 4.79 Å². The molecule has 1 heterocycles. The van der Waals surface area contributed by atoms with E-state index in [1.54, 1.807) is 32.0 Å². The van der Waals surface area contributed by atoms with Crippen LogP contribution in [0.1, 0.15) is 11.1 Å². The van der Waals surface area contributed by atoms with Crippen LogP contribution in [0.4, 0.5) is 0 Å². The number of aromatic nitrogens is 2. The van der Waals surface area contributed by atoms with Crippen LogP contribution in [0, 0.1) is 0 Å². The van der Waals surface area contributed by atoms with E-state index >= 15 is 0 Å². The Bertz CT molecular complexity index is 1040. The number of amides is 1. The molecule has 0 spiro atoms. The lowest BCUT2D eigenvalue weighted by molar-refractivity contribution is -0.118. The Labute approximate surface area is 197 Å². The number of thioether (sulfide) groups is 2. The van der Waals surface area contributed by atoms with E-state index in [-0.39, 0.29) is 11.7 Å². The van der Waals surface area contributed by atoms with Crippen molar-refractivity contribution in [1.29, 1.82) is 0 Å². The van der Waals surface area contributed by atoms with Crippen LogP contribution in [0.15, 0.2) is 56.2 Å². The second-order valence-electron chi connectivity index (χ2n) is 5.91. The monoisotopic (exact) mass is 494 g/mol. The Balaban J connectivity index is 1.45. The molecule has 0 atom stereocenters. The highest BCUT2D eigenvalue weighted by Crippen LogP contribution is 2.31. The van der Waals surface area contributed by atoms with Crippen LogP contribution in [0.3, 0.4) is 0 Å². The number of hydrogen-bond acceptors (Lipinski definition) is 9. The van der Waals surface area contributed by atoms with E-state index in [9.17, 15) is 4.79 Å². The van der Waals surface area contributed by atoms with Crippen molar-refractivity contribution < 1.29 is 14.3 Å². The first kappa shape index (κ1) is 23.4. The predicted molar refractivity (Wildman–Crippen MR) is 127 cm³/mol. The predicted octanol–water partition coefficient (Wildman–Crippen LogP) is 4.74. The van der Waals surface area contributed by atoms with Crippen LogP contribution < -0.4 is 14.9 Å². The van der Waals surface area contributed by atoms with Crippen LogP contribution in [0.25, 0.3) is 0 Å². The Morgan fingerprint density at radius 1 is 1.13 bits per heavy atom. The van der Waals surface area contributed by atoms with Crippen molar-refractivity contribution in [2.75, 3.05) is 20.0 Å². The van der Waals surface area contributed by atoms with E-state index < -0.39 is 0 Å². The number of benzene rings is 2. The van der Waals surface area contributed by atoms with Gasteiger partial charge in [0.25, 0.3) is 5.91 Å². The quantitative estimate of drug-likeness (QED) is 0.247. The average molecular weight is 495 g/mol. The van der Waals surface area contributed by atoms with Crippen LogP contribution >= 0.6 is 46.5 Å². The molecule has 1 aromatic heterocycles. The molecule has 3 aromatic rings. The van der Waals surface area contributed by atoms with Crippen molar-refractivity contribution in [3.63, 3.8) is 0 Å². The number of nitrogens with zero attached hydrogens (tertiary/aromatic N) is 3. The number of ether oxygens (including phenoxy) is 2. The number of para-hydroxylation sites is 1. The number of halogens is 1. The number of nitrogens with one attached hydrogen (secondary N) is 1. The lowest BCUT2D eigenvalue weighted by atomic mass is 10.2. The molecule has 2 aromatic carbocycles. The molecule has 0 radical (unpaired) electrons. The molecule has 31 heavy (non-hydrogen) atoms. The number of carbonyl (C=O) groups excluding carboxylic acids is 1. The van der Waals surface area contributed by atoms with E-state index in [0.29, 0.717) is 22.1 Å². The molecular weight excluding hydrogens is 476 g/mol. The first-order valence-electron chi connectivity index (χ1n) is 8.95. The third-order valence-corrected chi connectivity index (χ3v) is 7.33. The van der Waals surface area contributed by atoms with E-state index in [1.165, 1.54) is 29.3 Å². The molecule has 0 bridgehead atoms. The molecule has 0 unspecified atom stereocenters.